The third kappa shape index (κ3) is 3.13. The summed E-state index contributed by atoms with van der Waals surface area (Å²) in [4.78, 5) is 23.3. The normalized spacial score (nSPS) is 22.2. The topological polar surface area (TPSA) is 78.4 Å². The average Bonchev–Trinajstić information content (AvgIpc) is 2.77. The van der Waals surface area contributed by atoms with Crippen LogP contribution in [0.4, 0.5) is 5.69 Å². The van der Waals surface area contributed by atoms with Crippen LogP contribution in [0.2, 0.25) is 0 Å². The zero-order chi connectivity index (χ0) is 14.0. The van der Waals surface area contributed by atoms with Crippen LogP contribution >= 0.6 is 15.9 Å². The lowest BCUT2D eigenvalue weighted by molar-refractivity contribution is -0.120. The molecule has 5 nitrogen and oxygen atoms in total. The molecule has 2 rings (SSSR count). The molecule has 1 aliphatic rings. The number of carboxylic acid groups (broad SMARTS) is 1. The Balaban J connectivity index is 2.19. The number of carbonyl (C=O) groups is 2. The van der Waals surface area contributed by atoms with E-state index in [0.29, 0.717) is 10.2 Å². The van der Waals surface area contributed by atoms with E-state index in [1.54, 1.807) is 12.1 Å². The SMILES string of the molecule is CC1NCCC1C(=O)Nc1ccc(Br)cc1C(=O)O. The molecule has 0 saturated carbocycles. The second-order valence-corrected chi connectivity index (χ2v) is 5.54. The summed E-state index contributed by atoms with van der Waals surface area (Å²) in [5.41, 5.74) is 0.418. The van der Waals surface area contributed by atoms with E-state index in [1.165, 1.54) is 6.07 Å². The number of aromatic carboxylic acids is 1. The first-order valence-electron chi connectivity index (χ1n) is 6.06. The highest BCUT2D eigenvalue weighted by Gasteiger charge is 2.29. The van der Waals surface area contributed by atoms with Gasteiger partial charge in [-0.15, -0.1) is 0 Å². The van der Waals surface area contributed by atoms with Gasteiger partial charge in [-0.05, 0) is 38.1 Å². The van der Waals surface area contributed by atoms with E-state index >= 15 is 0 Å². The van der Waals surface area contributed by atoms with Gasteiger partial charge in [0.25, 0.3) is 0 Å². The third-order valence-corrected chi connectivity index (χ3v) is 3.83. The van der Waals surface area contributed by atoms with Crippen molar-refractivity contribution in [3.05, 3.63) is 28.2 Å². The van der Waals surface area contributed by atoms with Crippen molar-refractivity contribution in [2.24, 2.45) is 5.92 Å². The number of anilines is 1. The highest BCUT2D eigenvalue weighted by molar-refractivity contribution is 9.10. The molecule has 0 aliphatic carbocycles. The minimum atomic E-state index is -1.06. The van der Waals surface area contributed by atoms with Crippen LogP contribution in [0.5, 0.6) is 0 Å². The minimum Gasteiger partial charge on any atom is -0.478 e. The molecule has 0 radical (unpaired) electrons. The van der Waals surface area contributed by atoms with Gasteiger partial charge in [-0.3, -0.25) is 4.79 Å². The van der Waals surface area contributed by atoms with Crippen molar-refractivity contribution in [1.82, 2.24) is 5.32 Å². The van der Waals surface area contributed by atoms with Crippen LogP contribution in [-0.2, 0) is 4.79 Å². The second kappa shape index (κ2) is 5.71. The van der Waals surface area contributed by atoms with E-state index < -0.39 is 5.97 Å². The number of hydrogen-bond acceptors (Lipinski definition) is 3. The standard InChI is InChI=1S/C13H15BrN2O3/c1-7-9(4-5-15-7)12(17)16-11-3-2-8(14)6-10(11)13(18)19/h2-3,6-7,9,15H,4-5H2,1H3,(H,16,17)(H,18,19). The fourth-order valence-electron chi connectivity index (χ4n) is 2.24. The molecule has 1 aromatic rings. The Labute approximate surface area is 119 Å². The smallest absolute Gasteiger partial charge is 0.337 e. The zero-order valence-electron chi connectivity index (χ0n) is 10.4. The van der Waals surface area contributed by atoms with Crippen LogP contribution in [0.1, 0.15) is 23.7 Å². The van der Waals surface area contributed by atoms with Crippen molar-refractivity contribution >= 4 is 33.5 Å². The summed E-state index contributed by atoms with van der Waals surface area (Å²) < 4.78 is 0.666. The number of benzene rings is 1. The highest BCUT2D eigenvalue weighted by atomic mass is 79.9. The lowest BCUT2D eigenvalue weighted by Gasteiger charge is -2.16. The summed E-state index contributed by atoms with van der Waals surface area (Å²) >= 11 is 3.22. The fourth-order valence-corrected chi connectivity index (χ4v) is 2.61. The van der Waals surface area contributed by atoms with Gasteiger partial charge in [-0.2, -0.15) is 0 Å². The lowest BCUT2D eigenvalue weighted by Crippen LogP contribution is -2.32. The van der Waals surface area contributed by atoms with Crippen molar-refractivity contribution in [2.75, 3.05) is 11.9 Å². The maximum atomic E-state index is 12.1. The molecule has 2 unspecified atom stereocenters. The monoisotopic (exact) mass is 326 g/mol. The van der Waals surface area contributed by atoms with E-state index in [0.717, 1.165) is 13.0 Å². The van der Waals surface area contributed by atoms with Gasteiger partial charge in [-0.1, -0.05) is 15.9 Å². The maximum absolute atomic E-state index is 12.1. The zero-order valence-corrected chi connectivity index (χ0v) is 12.0. The van der Waals surface area contributed by atoms with Crippen molar-refractivity contribution in [3.63, 3.8) is 0 Å². The molecule has 1 saturated heterocycles. The van der Waals surface area contributed by atoms with E-state index in [1.807, 2.05) is 6.92 Å². The summed E-state index contributed by atoms with van der Waals surface area (Å²) in [5, 5.41) is 15.0. The van der Waals surface area contributed by atoms with Crippen molar-refractivity contribution < 1.29 is 14.7 Å². The van der Waals surface area contributed by atoms with E-state index in [9.17, 15) is 9.59 Å². The molecule has 1 aromatic carbocycles. The third-order valence-electron chi connectivity index (χ3n) is 3.33. The maximum Gasteiger partial charge on any atom is 0.337 e. The molecule has 1 heterocycles. The number of halogens is 1. The Kier molecular flexibility index (Phi) is 4.21. The molecule has 0 aromatic heterocycles. The van der Waals surface area contributed by atoms with E-state index in [-0.39, 0.29) is 23.4 Å². The molecule has 1 aliphatic heterocycles. The molecule has 0 bridgehead atoms. The molecule has 6 heteroatoms. The number of rotatable bonds is 3. The molecule has 0 spiro atoms. The molecular weight excluding hydrogens is 312 g/mol. The quantitative estimate of drug-likeness (QED) is 0.794. The first-order chi connectivity index (χ1) is 8.99. The first-order valence-corrected chi connectivity index (χ1v) is 6.85. The van der Waals surface area contributed by atoms with Crippen LogP contribution in [0.15, 0.2) is 22.7 Å². The second-order valence-electron chi connectivity index (χ2n) is 4.62. The van der Waals surface area contributed by atoms with Gasteiger partial charge in [0.05, 0.1) is 17.2 Å². The number of carbonyl (C=O) groups excluding carboxylic acids is 1. The Morgan fingerprint density at radius 2 is 2.21 bits per heavy atom. The first kappa shape index (κ1) is 14.0. The van der Waals surface area contributed by atoms with Gasteiger partial charge in [0.1, 0.15) is 0 Å². The summed E-state index contributed by atoms with van der Waals surface area (Å²) in [6.45, 7) is 2.77. The summed E-state index contributed by atoms with van der Waals surface area (Å²) in [6.07, 6.45) is 0.770. The number of hydrogen-bond donors (Lipinski definition) is 3. The van der Waals surface area contributed by atoms with Gasteiger partial charge >= 0.3 is 5.97 Å². The average molecular weight is 327 g/mol. The van der Waals surface area contributed by atoms with E-state index in [4.69, 9.17) is 5.11 Å². The molecular formula is C13H15BrN2O3. The van der Waals surface area contributed by atoms with Crippen molar-refractivity contribution in [2.45, 2.75) is 19.4 Å². The Morgan fingerprint density at radius 3 is 2.79 bits per heavy atom. The molecule has 19 heavy (non-hydrogen) atoms. The van der Waals surface area contributed by atoms with Crippen LogP contribution in [0, 0.1) is 5.92 Å². The predicted octanol–water partition coefficient (Wildman–Crippen LogP) is 2.08. The predicted molar refractivity (Wildman–Crippen MR) is 75.3 cm³/mol. The van der Waals surface area contributed by atoms with Gasteiger partial charge in [-0.25, -0.2) is 4.79 Å². The number of amides is 1. The molecule has 2 atom stereocenters. The molecule has 102 valence electrons. The van der Waals surface area contributed by atoms with Gasteiger partial charge in [0.2, 0.25) is 5.91 Å². The highest BCUT2D eigenvalue weighted by Crippen LogP contribution is 2.23. The molecule has 1 amide bonds. The van der Waals surface area contributed by atoms with Crippen LogP contribution in [0.3, 0.4) is 0 Å². The Morgan fingerprint density at radius 1 is 1.47 bits per heavy atom. The van der Waals surface area contributed by atoms with Gasteiger partial charge in [0, 0.05) is 10.5 Å². The van der Waals surface area contributed by atoms with E-state index in [2.05, 4.69) is 26.6 Å². The van der Waals surface area contributed by atoms with Crippen LogP contribution < -0.4 is 10.6 Å². The Hall–Kier alpha value is -1.40. The number of nitrogens with one attached hydrogen (secondary N) is 2. The molecule has 1 fully saturated rings. The minimum absolute atomic E-state index is 0.0846. The summed E-state index contributed by atoms with van der Waals surface area (Å²) in [7, 11) is 0. The fraction of sp³-hybridized carbons (Fsp3) is 0.385. The van der Waals surface area contributed by atoms with Crippen LogP contribution in [-0.4, -0.2) is 29.6 Å². The summed E-state index contributed by atoms with van der Waals surface area (Å²) in [5.74, 6) is -1.32. The summed E-state index contributed by atoms with van der Waals surface area (Å²) in [6, 6.07) is 4.90. The molecule has 3 N–H and O–H groups in total. The van der Waals surface area contributed by atoms with Crippen LogP contribution in [0.25, 0.3) is 0 Å². The number of carboxylic acids is 1. The van der Waals surface area contributed by atoms with Crippen molar-refractivity contribution in [1.29, 1.82) is 0 Å². The lowest BCUT2D eigenvalue weighted by atomic mass is 10.0. The largest absolute Gasteiger partial charge is 0.478 e. The Bertz CT molecular complexity index is 519. The van der Waals surface area contributed by atoms with Gasteiger partial charge < -0.3 is 15.7 Å². The van der Waals surface area contributed by atoms with Crippen molar-refractivity contribution in [3.8, 4) is 0 Å². The van der Waals surface area contributed by atoms with Gasteiger partial charge in [0.15, 0.2) is 0 Å².